The molecule has 0 aromatic heterocycles. The van der Waals surface area contributed by atoms with Gasteiger partial charge in [0, 0.05) is 0 Å². The van der Waals surface area contributed by atoms with Crippen LogP contribution in [0, 0.1) is 0 Å². The van der Waals surface area contributed by atoms with Gasteiger partial charge in [-0.05, 0) is 0 Å². The van der Waals surface area contributed by atoms with Gasteiger partial charge in [0.2, 0.25) is 0 Å². The summed E-state index contributed by atoms with van der Waals surface area (Å²) in [7, 11) is 0. The van der Waals surface area contributed by atoms with Crippen molar-refractivity contribution in [3.8, 4) is 33.4 Å². The molecule has 8 rings (SSSR count). The zero-order valence-corrected chi connectivity index (χ0v) is 37.0. The summed E-state index contributed by atoms with van der Waals surface area (Å²) in [6.07, 6.45) is 10.8. The second-order valence-corrected chi connectivity index (χ2v) is 25.3. The van der Waals surface area contributed by atoms with E-state index < -0.39 is 21.3 Å². The molecule has 0 N–H and O–H groups in total. The van der Waals surface area contributed by atoms with Crippen molar-refractivity contribution in [2.24, 2.45) is 0 Å². The Bertz CT molecular complexity index is 2330. The molecule has 2 aliphatic carbocycles. The molecule has 0 amide bonds. The topological polar surface area (TPSA) is 0 Å². The molecule has 0 fully saturated rings. The van der Waals surface area contributed by atoms with Crippen LogP contribution in [0.25, 0.3) is 33.4 Å². The monoisotopic (exact) mass is 806 g/mol. The van der Waals surface area contributed by atoms with Gasteiger partial charge >= 0.3 is 346 Å². The van der Waals surface area contributed by atoms with Crippen LogP contribution < -0.4 is 0 Å². The van der Waals surface area contributed by atoms with Gasteiger partial charge in [-0.2, -0.15) is 0 Å². The van der Waals surface area contributed by atoms with Gasteiger partial charge in [0.05, 0.1) is 0 Å². The van der Waals surface area contributed by atoms with Gasteiger partial charge in [-0.15, -0.1) is 0 Å². The first-order valence-electron chi connectivity index (χ1n) is 20.5. The molecule has 6 aromatic rings. The van der Waals surface area contributed by atoms with Crippen LogP contribution in [0.2, 0.25) is 3.63 Å². The zero-order valence-electron chi connectivity index (χ0n) is 34.5. The molecule has 2 aliphatic rings. The molecule has 280 valence electrons. The zero-order chi connectivity index (χ0) is 39.2. The maximum atomic E-state index is 2.66. The van der Waals surface area contributed by atoms with Crippen molar-refractivity contribution in [2.75, 3.05) is 0 Å². The van der Waals surface area contributed by atoms with E-state index in [1.165, 1.54) is 66.8 Å². The first-order valence-corrected chi connectivity index (χ1v) is 24.5. The molecule has 0 nitrogen and oxygen atoms in total. The van der Waals surface area contributed by atoms with Gasteiger partial charge in [-0.1, -0.05) is 0 Å². The minimum atomic E-state index is -2.90. The Morgan fingerprint density at radius 1 is 0.482 bits per heavy atom. The Balaban J connectivity index is 1.53. The Hall–Kier alpha value is -4.45. The fourth-order valence-corrected chi connectivity index (χ4v) is 19.7. The normalized spacial score (nSPS) is 14.9. The average Bonchev–Trinajstić information content (AvgIpc) is 3.84. The van der Waals surface area contributed by atoms with Crippen LogP contribution in [0.1, 0.15) is 92.4 Å². The Kier molecular flexibility index (Phi) is 10.4. The summed E-state index contributed by atoms with van der Waals surface area (Å²) < 4.78 is 2.53. The van der Waals surface area contributed by atoms with Crippen molar-refractivity contribution >= 4 is 3.21 Å². The van der Waals surface area contributed by atoms with Gasteiger partial charge in [-0.3, -0.25) is 0 Å². The van der Waals surface area contributed by atoms with Crippen LogP contribution in [0.3, 0.4) is 0 Å². The van der Waals surface area contributed by atoms with Gasteiger partial charge in [0.1, 0.15) is 0 Å². The van der Waals surface area contributed by atoms with Crippen molar-refractivity contribution in [2.45, 2.75) is 85.3 Å². The minimum absolute atomic E-state index is 0.0340. The Labute approximate surface area is 344 Å². The van der Waals surface area contributed by atoms with Crippen LogP contribution >= 0.6 is 0 Å². The van der Waals surface area contributed by atoms with E-state index in [4.69, 9.17) is 0 Å². The molecular formula is C55H56Zr. The van der Waals surface area contributed by atoms with Crippen LogP contribution in [0.4, 0.5) is 0 Å². The van der Waals surface area contributed by atoms with Crippen molar-refractivity contribution < 1.29 is 21.3 Å². The van der Waals surface area contributed by atoms with E-state index >= 15 is 0 Å². The van der Waals surface area contributed by atoms with Crippen molar-refractivity contribution in [1.82, 2.24) is 0 Å². The van der Waals surface area contributed by atoms with Crippen LogP contribution in [0.5, 0.6) is 0 Å². The molecule has 0 spiro atoms. The molecular weight excluding hydrogens is 752 g/mol. The number of fused-ring (bicyclic) bond motifs is 3. The van der Waals surface area contributed by atoms with E-state index in [1.54, 1.807) is 3.21 Å². The molecule has 0 aliphatic heterocycles. The number of allylic oxidation sites excluding steroid dienone is 4. The Morgan fingerprint density at radius 2 is 0.893 bits per heavy atom. The van der Waals surface area contributed by atoms with Crippen molar-refractivity contribution in [3.05, 3.63) is 203 Å². The van der Waals surface area contributed by atoms with E-state index in [1.807, 2.05) is 0 Å². The molecule has 56 heavy (non-hydrogen) atoms. The molecule has 0 heterocycles. The summed E-state index contributed by atoms with van der Waals surface area (Å²) in [5.41, 5.74) is 16.8. The molecule has 0 saturated heterocycles. The third-order valence-corrected chi connectivity index (χ3v) is 21.8. The third-order valence-electron chi connectivity index (χ3n) is 12.3. The summed E-state index contributed by atoms with van der Waals surface area (Å²) in [5, 5.41) is 0. The SMILES string of the molecule is CC(C)(C)c1cc2c(cc1-c1ccccc1)[CH]([Zr](=[C](Cc1ccccc1)C(C)(C)c1ccccc1)[CH]1C=CC=C1)c1cc(-c3ccccc3)c(C(C)(C)C)cc1-2. The number of benzene rings is 6. The molecule has 0 atom stereocenters. The first-order chi connectivity index (χ1) is 26.8. The standard InChI is InChI=1S/C33H33.C17H18.C5H5.Zr/c1-32(2,3)30-20-26-24(18-28(30)22-13-9-7-10-14-22)17-25-19-29(23-15-11-8-12-16-23)31(21-27(25)26)33(4,5)6;1-17(2,16-11-7-4-8-12-16)14-13-15-9-5-3-6-10-15;1-2-4-5-3-1;/h7-21H,1-6H3;3-12H,13H2,1-2H3;1-5H;. The third kappa shape index (κ3) is 7.29. The van der Waals surface area contributed by atoms with Crippen LogP contribution in [0.15, 0.2) is 170 Å². The summed E-state index contributed by atoms with van der Waals surface area (Å²) >= 11 is -2.90. The summed E-state index contributed by atoms with van der Waals surface area (Å²) in [4.78, 5) is 0. The van der Waals surface area contributed by atoms with Gasteiger partial charge < -0.3 is 0 Å². The molecule has 0 unspecified atom stereocenters. The van der Waals surface area contributed by atoms with E-state index in [9.17, 15) is 0 Å². The van der Waals surface area contributed by atoms with Gasteiger partial charge in [0.15, 0.2) is 0 Å². The first kappa shape index (κ1) is 38.4. The van der Waals surface area contributed by atoms with Gasteiger partial charge in [0.25, 0.3) is 0 Å². The van der Waals surface area contributed by atoms with E-state index in [0.717, 1.165) is 6.42 Å². The molecule has 1 heteroatoms. The fraction of sp³-hybridized carbons (Fsp3) is 0.255. The summed E-state index contributed by atoms with van der Waals surface area (Å²) in [6, 6.07) is 55.6. The quantitative estimate of drug-likeness (QED) is 0.144. The number of hydrogen-bond donors (Lipinski definition) is 0. The predicted octanol–water partition coefficient (Wildman–Crippen LogP) is 14.6. The summed E-state index contributed by atoms with van der Waals surface area (Å²) in [5.74, 6) is 0. The molecule has 0 radical (unpaired) electrons. The number of rotatable bonds is 8. The Morgan fingerprint density at radius 3 is 1.32 bits per heavy atom. The average molecular weight is 808 g/mol. The van der Waals surface area contributed by atoms with E-state index in [-0.39, 0.29) is 16.2 Å². The molecule has 0 bridgehead atoms. The second-order valence-electron chi connectivity index (χ2n) is 18.5. The van der Waals surface area contributed by atoms with E-state index in [2.05, 4.69) is 225 Å². The fourth-order valence-electron chi connectivity index (χ4n) is 9.35. The molecule has 6 aromatic carbocycles. The van der Waals surface area contributed by atoms with E-state index in [0.29, 0.717) is 7.25 Å². The van der Waals surface area contributed by atoms with Gasteiger partial charge in [-0.25, -0.2) is 0 Å². The molecule has 0 saturated carbocycles. The summed E-state index contributed by atoms with van der Waals surface area (Å²) in [6.45, 7) is 19.4. The number of hydrogen-bond acceptors (Lipinski definition) is 0. The van der Waals surface area contributed by atoms with Crippen LogP contribution in [-0.4, -0.2) is 3.21 Å². The maximum absolute atomic E-state index is 2.90. The van der Waals surface area contributed by atoms with Crippen LogP contribution in [-0.2, 0) is 43.9 Å². The van der Waals surface area contributed by atoms with Crippen molar-refractivity contribution in [3.63, 3.8) is 0 Å². The predicted molar refractivity (Wildman–Crippen MR) is 239 cm³/mol. The second kappa shape index (κ2) is 15.1. The van der Waals surface area contributed by atoms with Crippen molar-refractivity contribution in [1.29, 1.82) is 0 Å².